The van der Waals surface area contributed by atoms with Crippen LogP contribution in [0, 0.1) is 0 Å². The molecule has 9 heteroatoms. The van der Waals surface area contributed by atoms with Crippen LogP contribution in [0.15, 0.2) is 87.7 Å². The standard InChI is InChI=1S/C25H17Cl2N3O3S/c26-15-9-10-22(20(11-15)23(31)19-7-3-4-8-21(19)27)34(28)14-29-12-16(34)13-30-24(32)17-5-1-2-6-18(17)25(30)33/h1-12,14H,13,28H2. The number of fused-ring (bicyclic) bond motifs is 1. The van der Waals surface area contributed by atoms with Crippen LogP contribution in [-0.2, 0) is 0 Å². The number of aliphatic imine (C=N–C) groups is 1. The molecular weight excluding hydrogens is 493 g/mol. The Hall–Kier alpha value is -3.23. The van der Waals surface area contributed by atoms with Crippen LogP contribution in [0.1, 0.15) is 36.6 Å². The van der Waals surface area contributed by atoms with Gasteiger partial charge in [0, 0.05) is 32.2 Å². The summed E-state index contributed by atoms with van der Waals surface area (Å²) in [6, 6.07) is 18.3. The van der Waals surface area contributed by atoms with Gasteiger partial charge in [-0.2, -0.15) is 0 Å². The van der Waals surface area contributed by atoms with E-state index in [1.165, 1.54) is 0 Å². The first kappa shape index (κ1) is 22.6. The molecule has 0 saturated heterocycles. The van der Waals surface area contributed by atoms with Crippen molar-refractivity contribution in [3.63, 3.8) is 0 Å². The fraction of sp³-hybridized carbons (Fsp3) is 0.0400. The zero-order valence-electron chi connectivity index (χ0n) is 17.6. The highest BCUT2D eigenvalue weighted by Gasteiger charge is 2.40. The van der Waals surface area contributed by atoms with Gasteiger partial charge in [0.1, 0.15) is 0 Å². The van der Waals surface area contributed by atoms with Crippen molar-refractivity contribution in [2.45, 2.75) is 4.90 Å². The maximum Gasteiger partial charge on any atom is 0.261 e. The van der Waals surface area contributed by atoms with Crippen molar-refractivity contribution in [3.05, 3.63) is 110 Å². The summed E-state index contributed by atoms with van der Waals surface area (Å²) in [5.41, 5.74) is 2.89. The number of imide groups is 1. The van der Waals surface area contributed by atoms with Crippen molar-refractivity contribution in [2.75, 3.05) is 6.54 Å². The number of carbonyl (C=O) groups excluding carboxylic acids is 3. The quantitative estimate of drug-likeness (QED) is 0.366. The number of carbonyl (C=O) groups is 3. The van der Waals surface area contributed by atoms with Crippen LogP contribution in [0.4, 0.5) is 0 Å². The zero-order valence-corrected chi connectivity index (χ0v) is 19.9. The Balaban J connectivity index is 1.53. The van der Waals surface area contributed by atoms with Crippen molar-refractivity contribution >= 4 is 56.6 Å². The molecule has 0 saturated carbocycles. The molecule has 0 spiro atoms. The summed E-state index contributed by atoms with van der Waals surface area (Å²) in [5.74, 6) is -1.11. The van der Waals surface area contributed by atoms with Gasteiger partial charge in [0.15, 0.2) is 5.78 Å². The molecule has 0 aliphatic carbocycles. The topological polar surface area (TPSA) is 92.8 Å². The van der Waals surface area contributed by atoms with Crippen molar-refractivity contribution in [1.29, 1.82) is 0 Å². The Morgan fingerprint density at radius 2 is 1.56 bits per heavy atom. The highest BCUT2D eigenvalue weighted by atomic mass is 35.5. The number of nitrogens with zero attached hydrogens (tertiary/aromatic N) is 2. The van der Waals surface area contributed by atoms with Crippen molar-refractivity contribution in [3.8, 4) is 0 Å². The Morgan fingerprint density at radius 1 is 0.912 bits per heavy atom. The van der Waals surface area contributed by atoms with Crippen molar-refractivity contribution in [1.82, 2.24) is 4.90 Å². The third-order valence-corrected chi connectivity index (χ3v) is 8.95. The van der Waals surface area contributed by atoms with Crippen LogP contribution in [0.5, 0.6) is 0 Å². The predicted octanol–water partition coefficient (Wildman–Crippen LogP) is 5.44. The van der Waals surface area contributed by atoms with E-state index in [0.29, 0.717) is 42.1 Å². The average molecular weight is 510 g/mol. The minimum absolute atomic E-state index is 0.0411. The van der Waals surface area contributed by atoms with E-state index >= 15 is 0 Å². The number of amides is 2. The minimum atomic E-state index is -2.46. The van der Waals surface area contributed by atoms with E-state index in [4.69, 9.17) is 28.3 Å². The minimum Gasteiger partial charge on any atom is -0.289 e. The van der Waals surface area contributed by atoms with Gasteiger partial charge in [-0.3, -0.25) is 29.4 Å². The first-order valence-electron chi connectivity index (χ1n) is 10.2. The van der Waals surface area contributed by atoms with Gasteiger partial charge in [-0.1, -0.05) is 57.7 Å². The molecule has 5 rings (SSSR count). The van der Waals surface area contributed by atoms with E-state index in [-0.39, 0.29) is 12.3 Å². The fourth-order valence-electron chi connectivity index (χ4n) is 4.01. The first-order chi connectivity index (χ1) is 16.3. The van der Waals surface area contributed by atoms with Crippen LogP contribution in [0.3, 0.4) is 0 Å². The fourth-order valence-corrected chi connectivity index (χ4v) is 6.58. The van der Waals surface area contributed by atoms with Crippen molar-refractivity contribution < 1.29 is 14.4 Å². The monoisotopic (exact) mass is 509 g/mol. The highest BCUT2D eigenvalue weighted by molar-refractivity contribution is 8.45. The van der Waals surface area contributed by atoms with Gasteiger partial charge in [-0.05, 0) is 42.5 Å². The van der Waals surface area contributed by atoms with Gasteiger partial charge in [-0.15, -0.1) is 0 Å². The predicted molar refractivity (Wildman–Crippen MR) is 135 cm³/mol. The van der Waals surface area contributed by atoms with Gasteiger partial charge in [0.2, 0.25) is 0 Å². The molecule has 3 aromatic carbocycles. The molecule has 0 fully saturated rings. The summed E-state index contributed by atoms with van der Waals surface area (Å²) in [6.07, 6.45) is 1.55. The second-order valence-corrected chi connectivity index (χ2v) is 11.2. The SMILES string of the molecule is NS1(c2ccc(Cl)cc2C(=O)c2ccccc2Cl)C=NC=C1CN1C(=O)c2ccccc2C1=O. The molecule has 2 heterocycles. The molecule has 0 aromatic heterocycles. The normalized spacial score (nSPS) is 20.8. The first-order valence-corrected chi connectivity index (χ1v) is 12.7. The van der Waals surface area contributed by atoms with E-state index < -0.39 is 22.0 Å². The summed E-state index contributed by atoms with van der Waals surface area (Å²) < 4.78 is 0. The van der Waals surface area contributed by atoms with Gasteiger partial charge in [0.05, 0.1) is 28.2 Å². The number of ketones is 1. The highest BCUT2D eigenvalue weighted by Crippen LogP contribution is 2.58. The van der Waals surface area contributed by atoms with Gasteiger partial charge >= 0.3 is 0 Å². The summed E-state index contributed by atoms with van der Waals surface area (Å²) in [4.78, 5) is 45.8. The van der Waals surface area contributed by atoms with Crippen LogP contribution >= 0.6 is 33.4 Å². The summed E-state index contributed by atoms with van der Waals surface area (Å²) in [7, 11) is -2.46. The molecule has 2 N–H and O–H groups in total. The number of halogens is 2. The average Bonchev–Trinajstić information content (AvgIpc) is 3.32. The molecule has 2 aliphatic heterocycles. The Kier molecular flexibility index (Phi) is 5.65. The molecule has 0 bridgehead atoms. The Morgan fingerprint density at radius 3 is 2.24 bits per heavy atom. The van der Waals surface area contributed by atoms with E-state index in [2.05, 4.69) is 4.99 Å². The van der Waals surface area contributed by atoms with Crippen LogP contribution in [0.25, 0.3) is 0 Å². The molecule has 34 heavy (non-hydrogen) atoms. The second-order valence-electron chi connectivity index (χ2n) is 7.75. The summed E-state index contributed by atoms with van der Waals surface area (Å²) in [5, 5.41) is 7.56. The number of nitrogens with two attached hydrogens (primary N) is 1. The molecule has 0 radical (unpaired) electrons. The number of benzene rings is 3. The maximum atomic E-state index is 13.5. The summed E-state index contributed by atoms with van der Waals surface area (Å²) >= 11 is 12.5. The van der Waals surface area contributed by atoms with Crippen LogP contribution in [-0.4, -0.2) is 34.6 Å². The van der Waals surface area contributed by atoms with E-state index in [1.807, 2.05) is 0 Å². The lowest BCUT2D eigenvalue weighted by Crippen LogP contribution is -2.33. The lowest BCUT2D eigenvalue weighted by molar-refractivity contribution is 0.0670. The second kappa shape index (κ2) is 8.52. The third kappa shape index (κ3) is 3.58. The molecule has 1 unspecified atom stereocenters. The number of rotatable bonds is 5. The van der Waals surface area contributed by atoms with E-state index in [1.54, 1.807) is 78.5 Å². The smallest absolute Gasteiger partial charge is 0.261 e. The molecule has 3 aromatic rings. The zero-order chi connectivity index (χ0) is 24.0. The molecule has 170 valence electrons. The van der Waals surface area contributed by atoms with E-state index in [0.717, 1.165) is 4.90 Å². The summed E-state index contributed by atoms with van der Waals surface area (Å²) in [6.45, 7) is -0.0411. The van der Waals surface area contributed by atoms with Gasteiger partial charge < -0.3 is 0 Å². The third-order valence-electron chi connectivity index (χ3n) is 5.74. The Labute approximate surface area is 207 Å². The molecule has 2 amide bonds. The largest absolute Gasteiger partial charge is 0.289 e. The van der Waals surface area contributed by atoms with E-state index in [9.17, 15) is 14.4 Å². The van der Waals surface area contributed by atoms with Crippen LogP contribution in [0.2, 0.25) is 10.0 Å². The maximum absolute atomic E-state index is 13.5. The Bertz CT molecular complexity index is 1420. The lowest BCUT2D eigenvalue weighted by atomic mass is 10.0. The molecule has 1 atom stereocenters. The number of hydrogen-bond donors (Lipinski definition) is 1. The van der Waals surface area contributed by atoms with Gasteiger partial charge in [-0.25, -0.2) is 0 Å². The molecule has 2 aliphatic rings. The van der Waals surface area contributed by atoms with Crippen molar-refractivity contribution in [2.24, 2.45) is 10.1 Å². The van der Waals surface area contributed by atoms with Crippen LogP contribution < -0.4 is 5.14 Å². The van der Waals surface area contributed by atoms with Gasteiger partial charge in [0.25, 0.3) is 11.8 Å². The number of hydrogen-bond acceptors (Lipinski definition) is 5. The molecule has 6 nitrogen and oxygen atoms in total. The molecular formula is C25H17Cl2N3O3S. The lowest BCUT2D eigenvalue weighted by Gasteiger charge is -2.34.